The molecule has 0 amide bonds. The number of rotatable bonds is 5. The van der Waals surface area contributed by atoms with Crippen LogP contribution >= 0.6 is 11.6 Å². The predicted octanol–water partition coefficient (Wildman–Crippen LogP) is -2.81. The lowest BCUT2D eigenvalue weighted by Crippen LogP contribution is -2.47. The standard InChI is InChI=1S/C6H11ClO6/c7-6(13)5(12)4(11)3(10)2(9)1-8/h2-5,8-12H,1H2/t2-,3-,4+,5-/m1/s1. The molecule has 5 N–H and O–H groups in total. The second kappa shape index (κ2) is 5.48. The van der Waals surface area contributed by atoms with Crippen LogP contribution < -0.4 is 0 Å². The number of halogens is 1. The molecule has 0 aliphatic heterocycles. The van der Waals surface area contributed by atoms with E-state index in [1.807, 2.05) is 0 Å². The van der Waals surface area contributed by atoms with Gasteiger partial charge in [-0.2, -0.15) is 0 Å². The molecule has 13 heavy (non-hydrogen) atoms. The van der Waals surface area contributed by atoms with Crippen molar-refractivity contribution in [3.8, 4) is 0 Å². The SMILES string of the molecule is O=C(Cl)[C@H](O)[C@@H](O)[C@H](O)[C@H](O)CO. The lowest BCUT2D eigenvalue weighted by Gasteiger charge is -2.23. The lowest BCUT2D eigenvalue weighted by molar-refractivity contribution is -0.140. The Bertz CT molecular complexity index is 175. The summed E-state index contributed by atoms with van der Waals surface area (Å²) in [6.07, 6.45) is -7.38. The van der Waals surface area contributed by atoms with Crippen molar-refractivity contribution < 1.29 is 30.3 Å². The highest BCUT2D eigenvalue weighted by Crippen LogP contribution is 2.07. The summed E-state index contributed by atoms with van der Waals surface area (Å²) in [5, 5.41) is 42.7. The molecular formula is C6H11ClO6. The fourth-order valence-corrected chi connectivity index (χ4v) is 0.786. The average Bonchev–Trinajstić information content (AvgIpc) is 2.12. The topological polar surface area (TPSA) is 118 Å². The Kier molecular flexibility index (Phi) is 5.38. The Morgan fingerprint density at radius 3 is 1.92 bits per heavy atom. The zero-order valence-electron chi connectivity index (χ0n) is 6.54. The van der Waals surface area contributed by atoms with Gasteiger partial charge in [-0.15, -0.1) is 0 Å². The van der Waals surface area contributed by atoms with Gasteiger partial charge in [-0.1, -0.05) is 0 Å². The molecule has 0 aromatic heterocycles. The van der Waals surface area contributed by atoms with Crippen LogP contribution in [-0.2, 0) is 4.79 Å². The largest absolute Gasteiger partial charge is 0.394 e. The van der Waals surface area contributed by atoms with Gasteiger partial charge in [0.25, 0.3) is 5.24 Å². The third kappa shape index (κ3) is 3.55. The van der Waals surface area contributed by atoms with Gasteiger partial charge in [0, 0.05) is 0 Å². The molecule has 0 heterocycles. The van der Waals surface area contributed by atoms with E-state index in [2.05, 4.69) is 0 Å². The van der Waals surface area contributed by atoms with Crippen molar-refractivity contribution in [1.82, 2.24) is 0 Å². The molecule has 0 unspecified atom stereocenters. The first-order valence-corrected chi connectivity index (χ1v) is 3.82. The van der Waals surface area contributed by atoms with Gasteiger partial charge >= 0.3 is 0 Å². The maximum absolute atomic E-state index is 10.3. The van der Waals surface area contributed by atoms with E-state index in [9.17, 15) is 4.79 Å². The zero-order valence-corrected chi connectivity index (χ0v) is 7.29. The Morgan fingerprint density at radius 2 is 1.62 bits per heavy atom. The van der Waals surface area contributed by atoms with Crippen LogP contribution in [0.2, 0.25) is 0 Å². The van der Waals surface area contributed by atoms with Crippen LogP contribution in [0.4, 0.5) is 0 Å². The third-order valence-electron chi connectivity index (χ3n) is 1.49. The lowest BCUT2D eigenvalue weighted by atomic mass is 10.0. The minimum Gasteiger partial charge on any atom is -0.394 e. The highest BCUT2D eigenvalue weighted by atomic mass is 35.5. The van der Waals surface area contributed by atoms with Crippen LogP contribution in [0.1, 0.15) is 0 Å². The van der Waals surface area contributed by atoms with Gasteiger partial charge in [0.15, 0.2) is 6.10 Å². The number of hydrogen-bond donors (Lipinski definition) is 5. The van der Waals surface area contributed by atoms with Gasteiger partial charge in [-0.25, -0.2) is 0 Å². The first-order valence-electron chi connectivity index (χ1n) is 3.44. The molecule has 4 atom stereocenters. The van der Waals surface area contributed by atoms with Crippen molar-refractivity contribution in [3.05, 3.63) is 0 Å². The normalized spacial score (nSPS) is 20.5. The van der Waals surface area contributed by atoms with Crippen molar-refractivity contribution in [2.45, 2.75) is 24.4 Å². The highest BCUT2D eigenvalue weighted by molar-refractivity contribution is 6.64. The van der Waals surface area contributed by atoms with E-state index >= 15 is 0 Å². The molecule has 0 spiro atoms. The molecular weight excluding hydrogens is 204 g/mol. The Hall–Kier alpha value is -0.240. The molecule has 0 saturated carbocycles. The highest BCUT2D eigenvalue weighted by Gasteiger charge is 2.33. The summed E-state index contributed by atoms with van der Waals surface area (Å²) in [5.74, 6) is 0. The van der Waals surface area contributed by atoms with Crippen molar-refractivity contribution in [2.75, 3.05) is 6.61 Å². The fraction of sp³-hybridized carbons (Fsp3) is 0.833. The number of carbonyl (C=O) groups is 1. The van der Waals surface area contributed by atoms with Crippen LogP contribution in [0, 0.1) is 0 Å². The van der Waals surface area contributed by atoms with Gasteiger partial charge in [-0.05, 0) is 11.6 Å². The van der Waals surface area contributed by atoms with E-state index in [4.69, 9.17) is 37.1 Å². The Morgan fingerprint density at radius 1 is 1.15 bits per heavy atom. The molecule has 7 heteroatoms. The summed E-state index contributed by atoms with van der Waals surface area (Å²) in [6.45, 7) is -0.804. The summed E-state index contributed by atoms with van der Waals surface area (Å²) < 4.78 is 0. The quantitative estimate of drug-likeness (QED) is 0.315. The second-order valence-corrected chi connectivity index (χ2v) is 2.85. The van der Waals surface area contributed by atoms with Gasteiger partial charge in [0.2, 0.25) is 0 Å². The maximum atomic E-state index is 10.3. The van der Waals surface area contributed by atoms with Gasteiger partial charge in [-0.3, -0.25) is 4.79 Å². The molecule has 0 bridgehead atoms. The molecule has 0 aliphatic carbocycles. The summed E-state index contributed by atoms with van der Waals surface area (Å²) in [5.41, 5.74) is 0. The van der Waals surface area contributed by atoms with Crippen LogP contribution in [0.25, 0.3) is 0 Å². The number of carbonyl (C=O) groups excluding carboxylic acids is 1. The number of aliphatic hydroxyl groups excluding tert-OH is 5. The van der Waals surface area contributed by atoms with Crippen molar-refractivity contribution in [1.29, 1.82) is 0 Å². The third-order valence-corrected chi connectivity index (χ3v) is 1.71. The molecule has 6 nitrogen and oxygen atoms in total. The number of aliphatic hydroxyl groups is 5. The smallest absolute Gasteiger partial charge is 0.253 e. The zero-order chi connectivity index (χ0) is 10.6. The van der Waals surface area contributed by atoms with E-state index < -0.39 is 36.3 Å². The molecule has 0 fully saturated rings. The van der Waals surface area contributed by atoms with Crippen molar-refractivity contribution >= 4 is 16.8 Å². The first-order chi connectivity index (χ1) is 5.91. The van der Waals surface area contributed by atoms with Crippen molar-refractivity contribution in [3.63, 3.8) is 0 Å². The molecule has 0 aromatic carbocycles. The van der Waals surface area contributed by atoms with Gasteiger partial charge < -0.3 is 25.5 Å². The summed E-state index contributed by atoms with van der Waals surface area (Å²) in [7, 11) is 0. The van der Waals surface area contributed by atoms with Crippen molar-refractivity contribution in [2.24, 2.45) is 0 Å². The van der Waals surface area contributed by atoms with Crippen LogP contribution in [0.3, 0.4) is 0 Å². The van der Waals surface area contributed by atoms with Crippen LogP contribution in [0.15, 0.2) is 0 Å². The predicted molar refractivity (Wildman–Crippen MR) is 42.0 cm³/mol. The van der Waals surface area contributed by atoms with E-state index in [1.165, 1.54) is 0 Å². The minimum atomic E-state index is -1.99. The molecule has 0 aliphatic rings. The van der Waals surface area contributed by atoms with Gasteiger partial charge in [0.05, 0.1) is 6.61 Å². The maximum Gasteiger partial charge on any atom is 0.253 e. The average molecular weight is 215 g/mol. The Balaban J connectivity index is 4.24. The van der Waals surface area contributed by atoms with Crippen LogP contribution in [0.5, 0.6) is 0 Å². The minimum absolute atomic E-state index is 0.804. The van der Waals surface area contributed by atoms with E-state index in [0.717, 1.165) is 0 Å². The van der Waals surface area contributed by atoms with Crippen LogP contribution in [-0.4, -0.2) is 61.8 Å². The molecule has 0 radical (unpaired) electrons. The van der Waals surface area contributed by atoms with E-state index in [-0.39, 0.29) is 0 Å². The number of hydrogen-bond acceptors (Lipinski definition) is 6. The summed E-state index contributed by atoms with van der Waals surface area (Å²) in [6, 6.07) is 0. The second-order valence-electron chi connectivity index (χ2n) is 2.48. The molecule has 0 rings (SSSR count). The van der Waals surface area contributed by atoms with Gasteiger partial charge in [0.1, 0.15) is 18.3 Å². The van der Waals surface area contributed by atoms with E-state index in [0.29, 0.717) is 0 Å². The molecule has 78 valence electrons. The first kappa shape index (κ1) is 12.8. The molecule has 0 saturated heterocycles. The summed E-state index contributed by atoms with van der Waals surface area (Å²) >= 11 is 4.81. The summed E-state index contributed by atoms with van der Waals surface area (Å²) in [4.78, 5) is 10.3. The monoisotopic (exact) mass is 214 g/mol. The van der Waals surface area contributed by atoms with E-state index in [1.54, 1.807) is 0 Å². The molecule has 0 aromatic rings. The Labute approximate surface area is 79.0 Å². The fourth-order valence-electron chi connectivity index (χ4n) is 0.657.